The van der Waals surface area contributed by atoms with Crippen LogP contribution in [0.2, 0.25) is 0 Å². The normalized spacial score (nSPS) is 19.5. The van der Waals surface area contributed by atoms with Gasteiger partial charge in [0.2, 0.25) is 0 Å². The molecule has 0 bridgehead atoms. The topological polar surface area (TPSA) is 45.4 Å². The molecule has 1 saturated heterocycles. The van der Waals surface area contributed by atoms with Crippen molar-refractivity contribution in [2.24, 2.45) is 0 Å². The lowest BCUT2D eigenvalue weighted by Gasteiger charge is -2.26. The predicted molar refractivity (Wildman–Crippen MR) is 77.2 cm³/mol. The third-order valence-corrected chi connectivity index (χ3v) is 3.98. The van der Waals surface area contributed by atoms with Crippen LogP contribution in [0.15, 0.2) is 12.1 Å². The summed E-state index contributed by atoms with van der Waals surface area (Å²) in [5.74, 6) is 0.225. The van der Waals surface area contributed by atoms with Crippen LogP contribution >= 0.6 is 0 Å². The summed E-state index contributed by atoms with van der Waals surface area (Å²) >= 11 is 0. The van der Waals surface area contributed by atoms with Gasteiger partial charge in [0.25, 0.3) is 0 Å². The van der Waals surface area contributed by atoms with Gasteiger partial charge in [0.05, 0.1) is 5.56 Å². The van der Waals surface area contributed by atoms with Crippen LogP contribution in [0.5, 0.6) is 0 Å². The van der Waals surface area contributed by atoms with Crippen LogP contribution in [0.3, 0.4) is 0 Å². The number of halogens is 3. The standard InChI is InChI=1S/C14H21F3N4/c1-3-20(4-2)11-5-6-21(9-11)13-8-10(14(15,16)17)7-12(18)19-13/h7-8,11H,3-6,9H2,1-2H3,(H2,18,19). The monoisotopic (exact) mass is 302 g/mol. The van der Waals surface area contributed by atoms with Gasteiger partial charge in [-0.15, -0.1) is 0 Å². The van der Waals surface area contributed by atoms with Crippen molar-refractivity contribution >= 4 is 11.6 Å². The molecule has 4 nitrogen and oxygen atoms in total. The summed E-state index contributed by atoms with van der Waals surface area (Å²) in [4.78, 5) is 8.26. The molecule has 1 unspecified atom stereocenters. The Hall–Kier alpha value is -1.50. The maximum atomic E-state index is 12.8. The van der Waals surface area contributed by atoms with Gasteiger partial charge in [-0.05, 0) is 31.6 Å². The first-order chi connectivity index (χ1) is 9.85. The van der Waals surface area contributed by atoms with E-state index in [-0.39, 0.29) is 5.82 Å². The lowest BCUT2D eigenvalue weighted by molar-refractivity contribution is -0.137. The van der Waals surface area contributed by atoms with Crippen LogP contribution in [-0.2, 0) is 6.18 Å². The Balaban J connectivity index is 2.18. The van der Waals surface area contributed by atoms with Crippen LogP contribution in [0.4, 0.5) is 24.8 Å². The van der Waals surface area contributed by atoms with Crippen LogP contribution < -0.4 is 10.6 Å². The van der Waals surface area contributed by atoms with Crippen LogP contribution in [0.25, 0.3) is 0 Å². The maximum absolute atomic E-state index is 12.8. The van der Waals surface area contributed by atoms with E-state index in [0.717, 1.165) is 31.6 Å². The molecule has 0 aromatic carbocycles. The van der Waals surface area contributed by atoms with Crippen molar-refractivity contribution in [2.45, 2.75) is 32.5 Å². The molecule has 2 N–H and O–H groups in total. The second-order valence-corrected chi connectivity index (χ2v) is 5.25. The minimum Gasteiger partial charge on any atom is -0.384 e. The molecule has 118 valence electrons. The van der Waals surface area contributed by atoms with Gasteiger partial charge in [0.1, 0.15) is 11.6 Å². The molecule has 2 rings (SSSR count). The average molecular weight is 302 g/mol. The van der Waals surface area contributed by atoms with E-state index in [9.17, 15) is 13.2 Å². The fraction of sp³-hybridized carbons (Fsp3) is 0.643. The molecule has 1 aromatic heterocycles. The van der Waals surface area contributed by atoms with E-state index in [4.69, 9.17) is 5.73 Å². The molecule has 1 atom stereocenters. The summed E-state index contributed by atoms with van der Waals surface area (Å²) in [6.07, 6.45) is -3.47. The molecule has 1 aliphatic heterocycles. The van der Waals surface area contributed by atoms with Gasteiger partial charge in [-0.25, -0.2) is 4.98 Å². The summed E-state index contributed by atoms with van der Waals surface area (Å²) in [6.45, 7) is 7.45. The number of hydrogen-bond acceptors (Lipinski definition) is 4. The molecule has 7 heteroatoms. The number of hydrogen-bond donors (Lipinski definition) is 1. The van der Waals surface area contributed by atoms with E-state index in [0.29, 0.717) is 24.9 Å². The summed E-state index contributed by atoms with van der Waals surface area (Å²) < 4.78 is 38.5. The van der Waals surface area contributed by atoms with Gasteiger partial charge < -0.3 is 10.6 Å². The highest BCUT2D eigenvalue weighted by Crippen LogP contribution is 2.33. The van der Waals surface area contributed by atoms with Crippen LogP contribution in [0, 0.1) is 0 Å². The minimum absolute atomic E-state index is 0.0916. The number of rotatable bonds is 4. The highest BCUT2D eigenvalue weighted by molar-refractivity contribution is 5.50. The Labute approximate surface area is 122 Å². The molecular weight excluding hydrogens is 281 g/mol. The average Bonchev–Trinajstić information content (AvgIpc) is 2.88. The zero-order valence-corrected chi connectivity index (χ0v) is 12.3. The molecule has 0 aliphatic carbocycles. The van der Waals surface area contributed by atoms with Crippen molar-refractivity contribution in [3.05, 3.63) is 17.7 Å². The predicted octanol–water partition coefficient (Wildman–Crippen LogP) is 2.60. The highest BCUT2D eigenvalue weighted by atomic mass is 19.4. The highest BCUT2D eigenvalue weighted by Gasteiger charge is 2.33. The molecular formula is C14H21F3N4. The van der Waals surface area contributed by atoms with E-state index in [1.54, 1.807) is 0 Å². The second kappa shape index (κ2) is 6.09. The molecule has 0 amide bonds. The first kappa shape index (κ1) is 15.9. The van der Waals surface area contributed by atoms with Gasteiger partial charge in [0, 0.05) is 19.1 Å². The number of nitrogens with zero attached hydrogens (tertiary/aromatic N) is 3. The van der Waals surface area contributed by atoms with E-state index in [1.165, 1.54) is 0 Å². The molecule has 1 aliphatic rings. The van der Waals surface area contributed by atoms with Gasteiger partial charge in [-0.3, -0.25) is 4.90 Å². The van der Waals surface area contributed by atoms with E-state index in [1.807, 2.05) is 4.90 Å². The number of alkyl halides is 3. The Bertz CT molecular complexity index is 486. The third-order valence-electron chi connectivity index (χ3n) is 3.98. The molecule has 0 radical (unpaired) electrons. The minimum atomic E-state index is -4.40. The van der Waals surface area contributed by atoms with E-state index in [2.05, 4.69) is 23.7 Å². The van der Waals surface area contributed by atoms with Gasteiger partial charge in [-0.2, -0.15) is 13.2 Å². The lowest BCUT2D eigenvalue weighted by atomic mass is 10.2. The van der Waals surface area contributed by atoms with Crippen molar-refractivity contribution in [1.82, 2.24) is 9.88 Å². The quantitative estimate of drug-likeness (QED) is 0.928. The summed E-state index contributed by atoms with van der Waals surface area (Å²) in [6, 6.07) is 2.32. The molecule has 0 spiro atoms. The first-order valence-corrected chi connectivity index (χ1v) is 7.18. The molecule has 1 fully saturated rings. The molecule has 2 heterocycles. The fourth-order valence-corrected chi connectivity index (χ4v) is 2.85. The van der Waals surface area contributed by atoms with Crippen LogP contribution in [-0.4, -0.2) is 42.1 Å². The van der Waals surface area contributed by atoms with Gasteiger partial charge in [-0.1, -0.05) is 13.8 Å². The van der Waals surface area contributed by atoms with Crippen LogP contribution in [0.1, 0.15) is 25.8 Å². The third kappa shape index (κ3) is 3.58. The molecule has 21 heavy (non-hydrogen) atoms. The van der Waals surface area contributed by atoms with Crippen molar-refractivity contribution in [3.8, 4) is 0 Å². The molecule has 0 saturated carbocycles. The number of aromatic nitrogens is 1. The van der Waals surface area contributed by atoms with Gasteiger partial charge >= 0.3 is 6.18 Å². The Morgan fingerprint density at radius 2 is 2.00 bits per heavy atom. The number of nitrogen functional groups attached to an aromatic ring is 1. The number of nitrogens with two attached hydrogens (primary N) is 1. The largest absolute Gasteiger partial charge is 0.416 e. The van der Waals surface area contributed by atoms with Crippen molar-refractivity contribution in [3.63, 3.8) is 0 Å². The molecule has 1 aromatic rings. The maximum Gasteiger partial charge on any atom is 0.416 e. The van der Waals surface area contributed by atoms with Crippen molar-refractivity contribution in [1.29, 1.82) is 0 Å². The number of pyridine rings is 1. The summed E-state index contributed by atoms with van der Waals surface area (Å²) in [5.41, 5.74) is 4.78. The zero-order valence-electron chi connectivity index (χ0n) is 12.3. The van der Waals surface area contributed by atoms with Gasteiger partial charge in [0.15, 0.2) is 0 Å². The van der Waals surface area contributed by atoms with E-state index < -0.39 is 11.7 Å². The smallest absolute Gasteiger partial charge is 0.384 e. The fourth-order valence-electron chi connectivity index (χ4n) is 2.85. The second-order valence-electron chi connectivity index (χ2n) is 5.25. The van der Waals surface area contributed by atoms with Crippen molar-refractivity contribution in [2.75, 3.05) is 36.8 Å². The Kier molecular flexibility index (Phi) is 4.61. The van der Waals surface area contributed by atoms with E-state index >= 15 is 0 Å². The summed E-state index contributed by atoms with van der Waals surface area (Å²) in [5, 5.41) is 0. The Morgan fingerprint density at radius 1 is 1.33 bits per heavy atom. The summed E-state index contributed by atoms with van der Waals surface area (Å²) in [7, 11) is 0. The van der Waals surface area contributed by atoms with Crippen molar-refractivity contribution < 1.29 is 13.2 Å². The zero-order chi connectivity index (χ0) is 15.6. The number of likely N-dealkylation sites (N-methyl/N-ethyl adjacent to an activating group) is 1. The number of anilines is 2. The first-order valence-electron chi connectivity index (χ1n) is 7.18. The lowest BCUT2D eigenvalue weighted by Crippen LogP contribution is -2.37. The SMILES string of the molecule is CCN(CC)C1CCN(c2cc(C(F)(F)F)cc(N)n2)C1. The Morgan fingerprint density at radius 3 is 2.57 bits per heavy atom.